The molecule has 0 radical (unpaired) electrons. The Bertz CT molecular complexity index is 544. The van der Waals surface area contributed by atoms with Crippen LogP contribution in [0, 0.1) is 0 Å². The first kappa shape index (κ1) is 16.4. The number of hydrogen-bond acceptors (Lipinski definition) is 3. The molecule has 0 saturated carbocycles. The summed E-state index contributed by atoms with van der Waals surface area (Å²) in [7, 11) is 0. The van der Waals surface area contributed by atoms with E-state index in [1.165, 1.54) is 0 Å². The van der Waals surface area contributed by atoms with Gasteiger partial charge in [0.25, 0.3) is 0 Å². The summed E-state index contributed by atoms with van der Waals surface area (Å²) in [5.74, 6) is 0.850. The Balaban J connectivity index is 2.01. The molecule has 0 unspecified atom stereocenters. The van der Waals surface area contributed by atoms with Crippen LogP contribution in [0.2, 0.25) is 0 Å². The molecular formula is C18H25NO3. The van der Waals surface area contributed by atoms with Crippen molar-refractivity contribution in [1.82, 2.24) is 5.32 Å². The molecule has 0 bridgehead atoms. The van der Waals surface area contributed by atoms with Crippen LogP contribution in [-0.4, -0.2) is 23.3 Å². The standard InChI is InChI=1S/C18H25NO3/c1-6-18(5)12-14(19-16(20)22-18)11-13-7-9-15(10-8-13)21-17(2,3)4/h6-10,14H,1,11-12H2,2-5H3,(H,19,20)/t14-,18+/m0/s1. The van der Waals surface area contributed by atoms with E-state index >= 15 is 0 Å². The van der Waals surface area contributed by atoms with Crippen LogP contribution in [-0.2, 0) is 11.2 Å². The third-order valence-electron chi connectivity index (χ3n) is 3.56. The zero-order valence-corrected chi connectivity index (χ0v) is 13.8. The molecule has 1 N–H and O–H groups in total. The van der Waals surface area contributed by atoms with Gasteiger partial charge in [0.15, 0.2) is 0 Å². The zero-order valence-electron chi connectivity index (χ0n) is 13.8. The highest BCUT2D eigenvalue weighted by Gasteiger charge is 2.35. The molecule has 1 aliphatic rings. The van der Waals surface area contributed by atoms with Crippen molar-refractivity contribution >= 4 is 6.09 Å². The van der Waals surface area contributed by atoms with Crippen LogP contribution in [0.15, 0.2) is 36.9 Å². The van der Waals surface area contributed by atoms with Gasteiger partial charge >= 0.3 is 6.09 Å². The molecule has 120 valence electrons. The van der Waals surface area contributed by atoms with Gasteiger partial charge in [-0.3, -0.25) is 0 Å². The average Bonchev–Trinajstić information content (AvgIpc) is 2.38. The lowest BCUT2D eigenvalue weighted by atomic mass is 9.91. The highest BCUT2D eigenvalue weighted by atomic mass is 16.6. The van der Waals surface area contributed by atoms with Gasteiger partial charge in [0, 0.05) is 12.5 Å². The lowest BCUT2D eigenvalue weighted by Gasteiger charge is -2.36. The van der Waals surface area contributed by atoms with Crippen molar-refractivity contribution in [3.63, 3.8) is 0 Å². The van der Waals surface area contributed by atoms with E-state index in [1.807, 2.05) is 52.0 Å². The first-order valence-corrected chi connectivity index (χ1v) is 7.60. The molecule has 0 spiro atoms. The number of cyclic esters (lactones) is 1. The van der Waals surface area contributed by atoms with E-state index in [9.17, 15) is 4.79 Å². The number of benzene rings is 1. The van der Waals surface area contributed by atoms with Crippen molar-refractivity contribution in [3.8, 4) is 5.75 Å². The summed E-state index contributed by atoms with van der Waals surface area (Å²) < 4.78 is 11.1. The molecule has 22 heavy (non-hydrogen) atoms. The van der Waals surface area contributed by atoms with Crippen LogP contribution in [0.3, 0.4) is 0 Å². The first-order valence-electron chi connectivity index (χ1n) is 7.60. The van der Waals surface area contributed by atoms with Gasteiger partial charge in [0.05, 0.1) is 0 Å². The van der Waals surface area contributed by atoms with E-state index in [4.69, 9.17) is 9.47 Å². The van der Waals surface area contributed by atoms with Gasteiger partial charge in [0.1, 0.15) is 17.0 Å². The molecule has 4 heteroatoms. The molecule has 1 aliphatic heterocycles. The predicted octanol–water partition coefficient (Wildman–Crippen LogP) is 3.85. The van der Waals surface area contributed by atoms with Crippen molar-refractivity contribution in [2.75, 3.05) is 0 Å². The Morgan fingerprint density at radius 3 is 2.59 bits per heavy atom. The molecule has 1 saturated heterocycles. The quantitative estimate of drug-likeness (QED) is 0.859. The summed E-state index contributed by atoms with van der Waals surface area (Å²) in [5.41, 5.74) is 0.351. The molecule has 2 rings (SSSR count). The molecule has 0 aliphatic carbocycles. The number of ether oxygens (including phenoxy) is 2. The molecule has 1 amide bonds. The summed E-state index contributed by atoms with van der Waals surface area (Å²) in [4.78, 5) is 11.6. The molecule has 2 atom stereocenters. The second-order valence-corrected chi connectivity index (χ2v) is 7.01. The maximum atomic E-state index is 11.6. The predicted molar refractivity (Wildman–Crippen MR) is 87.2 cm³/mol. The normalized spacial score (nSPS) is 25.1. The maximum absolute atomic E-state index is 11.6. The van der Waals surface area contributed by atoms with Crippen molar-refractivity contribution < 1.29 is 14.3 Å². The van der Waals surface area contributed by atoms with E-state index in [1.54, 1.807) is 6.08 Å². The Morgan fingerprint density at radius 2 is 2.05 bits per heavy atom. The van der Waals surface area contributed by atoms with Crippen LogP contribution in [0.1, 0.15) is 39.7 Å². The summed E-state index contributed by atoms with van der Waals surface area (Å²) in [5, 5.41) is 2.87. The third kappa shape index (κ3) is 4.52. The lowest BCUT2D eigenvalue weighted by molar-refractivity contribution is 0.0204. The highest BCUT2D eigenvalue weighted by molar-refractivity contribution is 5.69. The van der Waals surface area contributed by atoms with Crippen LogP contribution < -0.4 is 10.1 Å². The SMILES string of the molecule is C=C[C@]1(C)C[C@H](Cc2ccc(OC(C)(C)C)cc2)NC(=O)O1. The van der Waals surface area contributed by atoms with Crippen LogP contribution in [0.5, 0.6) is 5.75 Å². The fourth-order valence-corrected chi connectivity index (χ4v) is 2.57. The molecular weight excluding hydrogens is 278 g/mol. The number of amides is 1. The molecule has 1 fully saturated rings. The van der Waals surface area contributed by atoms with E-state index in [2.05, 4.69) is 11.9 Å². The fourth-order valence-electron chi connectivity index (χ4n) is 2.57. The number of carbonyl (C=O) groups excluding carboxylic acids is 1. The molecule has 1 heterocycles. The van der Waals surface area contributed by atoms with Crippen molar-refractivity contribution in [2.45, 2.75) is 57.8 Å². The van der Waals surface area contributed by atoms with E-state index in [0.29, 0.717) is 6.42 Å². The minimum atomic E-state index is -0.595. The number of rotatable bonds is 4. The number of hydrogen-bond donors (Lipinski definition) is 1. The monoisotopic (exact) mass is 303 g/mol. The molecule has 1 aromatic rings. The summed E-state index contributed by atoms with van der Waals surface area (Å²) >= 11 is 0. The van der Waals surface area contributed by atoms with Gasteiger partial charge in [-0.15, -0.1) is 0 Å². The maximum Gasteiger partial charge on any atom is 0.408 e. The van der Waals surface area contributed by atoms with Crippen LogP contribution in [0.25, 0.3) is 0 Å². The largest absolute Gasteiger partial charge is 0.488 e. The Kier molecular flexibility index (Phi) is 4.50. The van der Waals surface area contributed by atoms with Gasteiger partial charge in [-0.25, -0.2) is 4.79 Å². The minimum Gasteiger partial charge on any atom is -0.488 e. The molecule has 0 aromatic heterocycles. The van der Waals surface area contributed by atoms with Gasteiger partial charge in [-0.1, -0.05) is 18.7 Å². The average molecular weight is 303 g/mol. The van der Waals surface area contributed by atoms with Crippen molar-refractivity contribution in [2.24, 2.45) is 0 Å². The first-order chi connectivity index (χ1) is 10.2. The Hall–Kier alpha value is -1.97. The molecule has 4 nitrogen and oxygen atoms in total. The van der Waals surface area contributed by atoms with Crippen LogP contribution in [0.4, 0.5) is 4.79 Å². The van der Waals surface area contributed by atoms with E-state index in [0.717, 1.165) is 17.7 Å². The van der Waals surface area contributed by atoms with Crippen molar-refractivity contribution in [1.29, 1.82) is 0 Å². The van der Waals surface area contributed by atoms with E-state index < -0.39 is 5.60 Å². The topological polar surface area (TPSA) is 47.6 Å². The summed E-state index contributed by atoms with van der Waals surface area (Å²) in [6.45, 7) is 11.7. The number of alkyl carbamates (subject to hydrolysis) is 1. The zero-order chi connectivity index (χ0) is 16.4. The fraction of sp³-hybridized carbons (Fsp3) is 0.500. The second kappa shape index (κ2) is 6.03. The van der Waals surface area contributed by atoms with Gasteiger partial charge in [-0.05, 0) is 57.9 Å². The number of carbonyl (C=O) groups is 1. The van der Waals surface area contributed by atoms with Crippen LogP contribution >= 0.6 is 0 Å². The van der Waals surface area contributed by atoms with Gasteiger partial charge in [0.2, 0.25) is 0 Å². The van der Waals surface area contributed by atoms with Crippen molar-refractivity contribution in [3.05, 3.63) is 42.5 Å². The van der Waals surface area contributed by atoms with Gasteiger partial charge < -0.3 is 14.8 Å². The second-order valence-electron chi connectivity index (χ2n) is 7.01. The smallest absolute Gasteiger partial charge is 0.408 e. The Morgan fingerprint density at radius 1 is 1.41 bits per heavy atom. The Labute approximate surface area is 132 Å². The lowest BCUT2D eigenvalue weighted by Crippen LogP contribution is -2.51. The number of nitrogens with one attached hydrogen (secondary N) is 1. The van der Waals surface area contributed by atoms with Gasteiger partial charge in [-0.2, -0.15) is 0 Å². The molecule has 1 aromatic carbocycles. The summed E-state index contributed by atoms with van der Waals surface area (Å²) in [6.07, 6.45) is 2.78. The third-order valence-corrected chi connectivity index (χ3v) is 3.56. The summed E-state index contributed by atoms with van der Waals surface area (Å²) in [6, 6.07) is 8.05. The highest BCUT2D eigenvalue weighted by Crippen LogP contribution is 2.26. The van der Waals surface area contributed by atoms with E-state index in [-0.39, 0.29) is 17.7 Å². The minimum absolute atomic E-state index is 0.0404.